The summed E-state index contributed by atoms with van der Waals surface area (Å²) in [4.78, 5) is 12.7. The standard InChI is InChI=1S/C27H23FN2O3S/c28-24-16-14-21(15-17-24)19-29-27(31)23-10-7-13-26(18-23)34(32,33)30(25-11-5-2-6-12-25)20-22-8-3-1-4-9-22/h1-18H,19-20H2,(H,29,31). The van der Waals surface area contributed by atoms with E-state index in [1.54, 1.807) is 48.5 Å². The zero-order valence-corrected chi connectivity index (χ0v) is 19.1. The van der Waals surface area contributed by atoms with Crippen molar-refractivity contribution in [2.24, 2.45) is 0 Å². The predicted octanol–water partition coefficient (Wildman–Crippen LogP) is 5.15. The molecule has 0 atom stereocenters. The van der Waals surface area contributed by atoms with Crippen molar-refractivity contribution in [2.45, 2.75) is 18.0 Å². The third kappa shape index (κ3) is 5.50. The van der Waals surface area contributed by atoms with Gasteiger partial charge in [-0.25, -0.2) is 12.8 Å². The number of hydrogen-bond acceptors (Lipinski definition) is 3. The van der Waals surface area contributed by atoms with E-state index >= 15 is 0 Å². The van der Waals surface area contributed by atoms with Gasteiger partial charge in [-0.1, -0.05) is 66.7 Å². The van der Waals surface area contributed by atoms with E-state index in [0.29, 0.717) is 5.69 Å². The van der Waals surface area contributed by atoms with E-state index in [1.807, 2.05) is 36.4 Å². The topological polar surface area (TPSA) is 66.5 Å². The van der Waals surface area contributed by atoms with E-state index in [2.05, 4.69) is 5.32 Å². The van der Waals surface area contributed by atoms with Crippen molar-refractivity contribution in [2.75, 3.05) is 4.31 Å². The number of benzene rings is 4. The third-order valence-electron chi connectivity index (χ3n) is 5.26. The smallest absolute Gasteiger partial charge is 0.264 e. The van der Waals surface area contributed by atoms with Crippen LogP contribution in [0.5, 0.6) is 0 Å². The van der Waals surface area contributed by atoms with Crippen LogP contribution in [0.4, 0.5) is 10.1 Å². The fourth-order valence-electron chi connectivity index (χ4n) is 3.47. The van der Waals surface area contributed by atoms with Crippen molar-refractivity contribution >= 4 is 21.6 Å². The van der Waals surface area contributed by atoms with Crippen LogP contribution in [0, 0.1) is 5.82 Å². The molecule has 4 aromatic rings. The monoisotopic (exact) mass is 474 g/mol. The molecule has 0 saturated heterocycles. The zero-order chi connectivity index (χ0) is 24.0. The fourth-order valence-corrected chi connectivity index (χ4v) is 4.97. The number of amides is 1. The van der Waals surface area contributed by atoms with Crippen molar-refractivity contribution < 1.29 is 17.6 Å². The molecule has 0 spiro atoms. The van der Waals surface area contributed by atoms with E-state index in [-0.39, 0.29) is 29.4 Å². The lowest BCUT2D eigenvalue weighted by Crippen LogP contribution is -2.31. The molecule has 0 saturated carbocycles. The summed E-state index contributed by atoms with van der Waals surface area (Å²) in [7, 11) is -3.97. The Morgan fingerprint density at radius 2 is 1.41 bits per heavy atom. The molecular formula is C27H23FN2O3S. The van der Waals surface area contributed by atoms with Gasteiger partial charge in [0, 0.05) is 12.1 Å². The van der Waals surface area contributed by atoms with E-state index in [0.717, 1.165) is 11.1 Å². The van der Waals surface area contributed by atoms with Gasteiger partial charge in [-0.3, -0.25) is 9.10 Å². The van der Waals surface area contributed by atoms with Gasteiger partial charge in [0.25, 0.3) is 15.9 Å². The van der Waals surface area contributed by atoms with E-state index in [9.17, 15) is 17.6 Å². The second-order valence-electron chi connectivity index (χ2n) is 7.67. The van der Waals surface area contributed by atoms with Crippen LogP contribution in [0.2, 0.25) is 0 Å². The molecule has 4 aromatic carbocycles. The van der Waals surface area contributed by atoms with Crippen molar-refractivity contribution in [1.29, 1.82) is 0 Å². The molecule has 4 rings (SSSR count). The van der Waals surface area contributed by atoms with Crippen LogP contribution >= 0.6 is 0 Å². The van der Waals surface area contributed by atoms with Crippen LogP contribution in [-0.4, -0.2) is 14.3 Å². The molecule has 0 heterocycles. The highest BCUT2D eigenvalue weighted by molar-refractivity contribution is 7.92. The molecule has 5 nitrogen and oxygen atoms in total. The Labute approximate surface area is 198 Å². The molecule has 0 aliphatic carbocycles. The number of carbonyl (C=O) groups excluding carboxylic acids is 1. The summed E-state index contributed by atoms with van der Waals surface area (Å²) in [6, 6.07) is 29.9. The van der Waals surface area contributed by atoms with Crippen molar-refractivity contribution in [3.05, 3.63) is 132 Å². The summed E-state index contributed by atoms with van der Waals surface area (Å²) in [5.41, 5.74) is 2.31. The molecule has 0 unspecified atom stereocenters. The molecule has 0 bridgehead atoms. The zero-order valence-electron chi connectivity index (χ0n) is 18.3. The van der Waals surface area contributed by atoms with Gasteiger partial charge >= 0.3 is 0 Å². The first-order valence-corrected chi connectivity index (χ1v) is 12.1. The summed E-state index contributed by atoms with van der Waals surface area (Å²) < 4.78 is 41.8. The van der Waals surface area contributed by atoms with Crippen LogP contribution in [0.25, 0.3) is 0 Å². The van der Waals surface area contributed by atoms with Gasteiger partial charge in [-0.05, 0) is 53.6 Å². The maximum atomic E-state index is 13.7. The van der Waals surface area contributed by atoms with E-state index in [4.69, 9.17) is 0 Å². The van der Waals surface area contributed by atoms with Gasteiger partial charge in [0.05, 0.1) is 17.1 Å². The Kier molecular flexibility index (Phi) is 7.04. The summed E-state index contributed by atoms with van der Waals surface area (Å²) in [5.74, 6) is -0.776. The van der Waals surface area contributed by atoms with Crippen LogP contribution in [0.15, 0.2) is 114 Å². The minimum absolute atomic E-state index is 0.0155. The molecule has 1 N–H and O–H groups in total. The molecule has 1 amide bonds. The van der Waals surface area contributed by atoms with Crippen LogP contribution in [-0.2, 0) is 23.1 Å². The maximum Gasteiger partial charge on any atom is 0.264 e. The minimum Gasteiger partial charge on any atom is -0.348 e. The van der Waals surface area contributed by atoms with Crippen molar-refractivity contribution in [3.8, 4) is 0 Å². The van der Waals surface area contributed by atoms with Gasteiger partial charge < -0.3 is 5.32 Å². The maximum absolute atomic E-state index is 13.7. The predicted molar refractivity (Wildman–Crippen MR) is 130 cm³/mol. The highest BCUT2D eigenvalue weighted by atomic mass is 32.2. The SMILES string of the molecule is O=C(NCc1ccc(F)cc1)c1cccc(S(=O)(=O)N(Cc2ccccc2)c2ccccc2)c1. The highest BCUT2D eigenvalue weighted by Gasteiger charge is 2.26. The number of rotatable bonds is 8. The number of sulfonamides is 1. The number of anilines is 1. The largest absolute Gasteiger partial charge is 0.348 e. The molecule has 0 aliphatic rings. The molecule has 0 fully saturated rings. The first kappa shape index (κ1) is 23.2. The van der Waals surface area contributed by atoms with E-state index < -0.39 is 15.9 Å². The van der Waals surface area contributed by atoms with E-state index in [1.165, 1.54) is 28.6 Å². The molecule has 0 aromatic heterocycles. The summed E-state index contributed by atoms with van der Waals surface area (Å²) in [5, 5.41) is 2.74. The number of nitrogens with zero attached hydrogens (tertiary/aromatic N) is 1. The molecule has 172 valence electrons. The Morgan fingerprint density at radius 3 is 2.09 bits per heavy atom. The summed E-state index contributed by atoms with van der Waals surface area (Å²) >= 11 is 0. The molecule has 34 heavy (non-hydrogen) atoms. The Bertz CT molecular complexity index is 1360. The molecule has 7 heteroatoms. The summed E-state index contributed by atoms with van der Waals surface area (Å²) in [6.45, 7) is 0.342. The Hall–Kier alpha value is -3.97. The normalized spacial score (nSPS) is 11.1. The second-order valence-corrected chi connectivity index (χ2v) is 9.53. The average molecular weight is 475 g/mol. The second kappa shape index (κ2) is 10.3. The number of halogens is 1. The first-order valence-electron chi connectivity index (χ1n) is 10.7. The summed E-state index contributed by atoms with van der Waals surface area (Å²) in [6.07, 6.45) is 0. The van der Waals surface area contributed by atoms with Crippen LogP contribution in [0.3, 0.4) is 0 Å². The number of nitrogens with one attached hydrogen (secondary N) is 1. The quantitative estimate of drug-likeness (QED) is 0.384. The van der Waals surface area contributed by atoms with Gasteiger partial charge in [-0.15, -0.1) is 0 Å². The van der Waals surface area contributed by atoms with Gasteiger partial charge in [0.1, 0.15) is 5.82 Å². The lowest BCUT2D eigenvalue weighted by atomic mass is 10.2. The molecule has 0 aliphatic heterocycles. The highest BCUT2D eigenvalue weighted by Crippen LogP contribution is 2.26. The first-order chi connectivity index (χ1) is 16.4. The average Bonchev–Trinajstić information content (AvgIpc) is 2.88. The van der Waals surface area contributed by atoms with Crippen molar-refractivity contribution in [1.82, 2.24) is 5.32 Å². The lowest BCUT2D eigenvalue weighted by molar-refractivity contribution is 0.0950. The number of carbonyl (C=O) groups is 1. The molecule has 0 radical (unpaired) electrons. The van der Waals surface area contributed by atoms with Gasteiger partial charge in [0.15, 0.2) is 0 Å². The molecular weight excluding hydrogens is 451 g/mol. The Morgan fingerprint density at radius 1 is 0.765 bits per heavy atom. The number of hydrogen-bond donors (Lipinski definition) is 1. The van der Waals surface area contributed by atoms with Crippen molar-refractivity contribution in [3.63, 3.8) is 0 Å². The van der Waals surface area contributed by atoms with Crippen LogP contribution < -0.4 is 9.62 Å². The van der Waals surface area contributed by atoms with Gasteiger partial charge in [0.2, 0.25) is 0 Å². The van der Waals surface area contributed by atoms with Gasteiger partial charge in [-0.2, -0.15) is 0 Å². The third-order valence-corrected chi connectivity index (χ3v) is 7.03. The fraction of sp³-hybridized carbons (Fsp3) is 0.0741. The number of para-hydroxylation sites is 1. The lowest BCUT2D eigenvalue weighted by Gasteiger charge is -2.25. The minimum atomic E-state index is -3.97. The van der Waals surface area contributed by atoms with Crippen LogP contribution in [0.1, 0.15) is 21.5 Å². The Balaban J connectivity index is 1.60.